The van der Waals surface area contributed by atoms with Gasteiger partial charge in [-0.15, -0.1) is 0 Å². The second kappa shape index (κ2) is 3.14. The van der Waals surface area contributed by atoms with Crippen molar-refractivity contribution in [3.63, 3.8) is 0 Å². The molecule has 0 aromatic rings. The number of aliphatic hydroxyl groups excluding tert-OH is 3. The molecule has 0 fully saturated rings. The van der Waals surface area contributed by atoms with Crippen molar-refractivity contribution in [2.24, 2.45) is 5.92 Å². The zero-order valence-corrected chi connectivity index (χ0v) is 5.64. The molecule has 1 aliphatic carbocycles. The Morgan fingerprint density at radius 3 is 2.50 bits per heavy atom. The molecule has 10 heavy (non-hydrogen) atoms. The van der Waals surface area contributed by atoms with Crippen LogP contribution in [0.4, 0.5) is 0 Å². The van der Waals surface area contributed by atoms with Crippen molar-refractivity contribution in [1.82, 2.24) is 0 Å². The van der Waals surface area contributed by atoms with Gasteiger partial charge in [-0.3, -0.25) is 0 Å². The predicted molar refractivity (Wildman–Crippen MR) is 36.3 cm³/mol. The highest BCUT2D eigenvalue weighted by atomic mass is 16.3. The summed E-state index contributed by atoms with van der Waals surface area (Å²) in [6.07, 6.45) is 2.26. The zero-order chi connectivity index (χ0) is 7.56. The average Bonchev–Trinajstić information content (AvgIpc) is 1.95. The lowest BCUT2D eigenvalue weighted by Gasteiger charge is -2.23. The zero-order valence-electron chi connectivity index (χ0n) is 5.64. The quantitative estimate of drug-likeness (QED) is 0.425. The fourth-order valence-electron chi connectivity index (χ4n) is 1.06. The Balaban J connectivity index is 2.51. The second-order valence-corrected chi connectivity index (χ2v) is 2.62. The number of rotatable bonds is 1. The van der Waals surface area contributed by atoms with Crippen LogP contribution in [0, 0.1) is 5.92 Å². The minimum absolute atomic E-state index is 0.0124. The lowest BCUT2D eigenvalue weighted by atomic mass is 9.93. The molecule has 3 nitrogen and oxygen atoms in total. The fourth-order valence-corrected chi connectivity index (χ4v) is 1.06. The maximum Gasteiger partial charge on any atom is 0.0980 e. The van der Waals surface area contributed by atoms with Gasteiger partial charge in [0.2, 0.25) is 0 Å². The molecule has 3 heteroatoms. The summed E-state index contributed by atoms with van der Waals surface area (Å²) in [6.45, 7) is 0.0419. The third-order valence-corrected chi connectivity index (χ3v) is 1.75. The number of aliphatic hydroxyl groups is 3. The van der Waals surface area contributed by atoms with Crippen molar-refractivity contribution in [2.45, 2.75) is 18.6 Å². The average molecular weight is 144 g/mol. The third-order valence-electron chi connectivity index (χ3n) is 1.75. The molecule has 1 rings (SSSR count). The van der Waals surface area contributed by atoms with Gasteiger partial charge >= 0.3 is 0 Å². The van der Waals surface area contributed by atoms with Gasteiger partial charge in [-0.05, 0) is 6.42 Å². The predicted octanol–water partition coefficient (Wildman–Crippen LogP) is -0.723. The maximum atomic E-state index is 9.07. The second-order valence-electron chi connectivity index (χ2n) is 2.62. The van der Waals surface area contributed by atoms with Gasteiger partial charge in [-0.1, -0.05) is 12.2 Å². The molecule has 3 atom stereocenters. The van der Waals surface area contributed by atoms with E-state index in [1.807, 2.05) is 0 Å². The van der Waals surface area contributed by atoms with Gasteiger partial charge < -0.3 is 15.3 Å². The van der Waals surface area contributed by atoms with Crippen LogP contribution in [0.3, 0.4) is 0 Å². The van der Waals surface area contributed by atoms with E-state index < -0.39 is 12.2 Å². The van der Waals surface area contributed by atoms with Crippen molar-refractivity contribution in [3.05, 3.63) is 12.2 Å². The molecule has 0 aromatic heterocycles. The van der Waals surface area contributed by atoms with Crippen LogP contribution in [0.15, 0.2) is 12.2 Å². The Morgan fingerprint density at radius 1 is 1.30 bits per heavy atom. The third kappa shape index (κ3) is 1.56. The van der Waals surface area contributed by atoms with Crippen LogP contribution in [-0.2, 0) is 0 Å². The van der Waals surface area contributed by atoms with Gasteiger partial charge in [0.25, 0.3) is 0 Å². The summed E-state index contributed by atoms with van der Waals surface area (Å²) in [5.74, 6) is 0.0124. The van der Waals surface area contributed by atoms with E-state index in [1.165, 1.54) is 6.08 Å². The first kappa shape index (κ1) is 7.72. The summed E-state index contributed by atoms with van der Waals surface area (Å²) in [4.78, 5) is 0. The number of hydrogen-bond donors (Lipinski definition) is 3. The van der Waals surface area contributed by atoms with Crippen molar-refractivity contribution in [3.8, 4) is 0 Å². The first-order valence-electron chi connectivity index (χ1n) is 3.39. The molecule has 0 radical (unpaired) electrons. The summed E-state index contributed by atoms with van der Waals surface area (Å²) >= 11 is 0. The molecular formula is C7H12O3. The van der Waals surface area contributed by atoms with Gasteiger partial charge in [-0.2, -0.15) is 0 Å². The van der Waals surface area contributed by atoms with Crippen LogP contribution in [0.1, 0.15) is 6.42 Å². The van der Waals surface area contributed by atoms with E-state index in [0.29, 0.717) is 6.42 Å². The molecule has 0 heterocycles. The summed E-state index contributed by atoms with van der Waals surface area (Å²) in [7, 11) is 0. The van der Waals surface area contributed by atoms with Crippen LogP contribution in [-0.4, -0.2) is 34.1 Å². The van der Waals surface area contributed by atoms with E-state index in [-0.39, 0.29) is 12.5 Å². The molecule has 58 valence electrons. The van der Waals surface area contributed by atoms with E-state index in [9.17, 15) is 0 Å². The van der Waals surface area contributed by atoms with E-state index in [0.717, 1.165) is 0 Å². The standard InChI is InChI=1S/C7H12O3/c8-4-5-1-2-6(9)7(10)3-5/h1-2,5-10H,3-4H2/t5?,6-,7-/m0/s1. The molecule has 0 bridgehead atoms. The summed E-state index contributed by atoms with van der Waals surface area (Å²) < 4.78 is 0. The van der Waals surface area contributed by atoms with Crippen LogP contribution in [0.5, 0.6) is 0 Å². The Morgan fingerprint density at radius 2 is 2.00 bits per heavy atom. The fraction of sp³-hybridized carbons (Fsp3) is 0.714. The van der Waals surface area contributed by atoms with Gasteiger partial charge in [0.05, 0.1) is 12.2 Å². The van der Waals surface area contributed by atoms with Crippen LogP contribution in [0.2, 0.25) is 0 Å². The Hall–Kier alpha value is -0.380. The Kier molecular flexibility index (Phi) is 2.43. The Labute approximate surface area is 59.6 Å². The van der Waals surface area contributed by atoms with Crippen LogP contribution < -0.4 is 0 Å². The monoisotopic (exact) mass is 144 g/mol. The van der Waals surface area contributed by atoms with Crippen LogP contribution >= 0.6 is 0 Å². The highest BCUT2D eigenvalue weighted by Gasteiger charge is 2.21. The molecule has 0 saturated carbocycles. The molecular weight excluding hydrogens is 132 g/mol. The number of hydrogen-bond acceptors (Lipinski definition) is 3. The van der Waals surface area contributed by atoms with Crippen LogP contribution in [0.25, 0.3) is 0 Å². The summed E-state index contributed by atoms with van der Waals surface area (Å²) in [5.41, 5.74) is 0. The van der Waals surface area contributed by atoms with E-state index in [1.54, 1.807) is 6.08 Å². The molecule has 3 N–H and O–H groups in total. The molecule has 0 spiro atoms. The minimum Gasteiger partial charge on any atom is -0.396 e. The Bertz CT molecular complexity index is 133. The van der Waals surface area contributed by atoms with Crippen molar-refractivity contribution in [2.75, 3.05) is 6.61 Å². The maximum absolute atomic E-state index is 9.07. The molecule has 1 aliphatic rings. The SMILES string of the molecule is OCC1C=C[C@H](O)[C@@H](O)C1. The largest absolute Gasteiger partial charge is 0.396 e. The normalized spacial score (nSPS) is 40.1. The highest BCUT2D eigenvalue weighted by Crippen LogP contribution is 2.17. The van der Waals surface area contributed by atoms with E-state index >= 15 is 0 Å². The van der Waals surface area contributed by atoms with Gasteiger partial charge in [0, 0.05) is 12.5 Å². The molecule has 0 aliphatic heterocycles. The van der Waals surface area contributed by atoms with Gasteiger partial charge in [0.15, 0.2) is 0 Å². The molecule has 0 aromatic carbocycles. The van der Waals surface area contributed by atoms with Crippen molar-refractivity contribution in [1.29, 1.82) is 0 Å². The van der Waals surface area contributed by atoms with Gasteiger partial charge in [0.1, 0.15) is 0 Å². The van der Waals surface area contributed by atoms with Crippen molar-refractivity contribution < 1.29 is 15.3 Å². The molecule has 0 amide bonds. The molecule has 1 unspecified atom stereocenters. The van der Waals surface area contributed by atoms with Crippen molar-refractivity contribution >= 4 is 0 Å². The first-order valence-corrected chi connectivity index (χ1v) is 3.39. The van der Waals surface area contributed by atoms with E-state index in [2.05, 4.69) is 0 Å². The minimum atomic E-state index is -0.747. The smallest absolute Gasteiger partial charge is 0.0980 e. The lowest BCUT2D eigenvalue weighted by Crippen LogP contribution is -2.30. The highest BCUT2D eigenvalue weighted by molar-refractivity contribution is 5.02. The van der Waals surface area contributed by atoms with Gasteiger partial charge in [-0.25, -0.2) is 0 Å². The summed E-state index contributed by atoms with van der Waals surface area (Å²) in [6, 6.07) is 0. The summed E-state index contributed by atoms with van der Waals surface area (Å²) in [5, 5.41) is 26.7. The lowest BCUT2D eigenvalue weighted by molar-refractivity contribution is 0.0224. The first-order chi connectivity index (χ1) is 4.74. The topological polar surface area (TPSA) is 60.7 Å². The van der Waals surface area contributed by atoms with E-state index in [4.69, 9.17) is 15.3 Å². The molecule has 0 saturated heterocycles.